The molecule has 0 spiro atoms. The number of carbonyl (C=O) groups excluding carboxylic acids is 1. The molecular formula is C19H24BrNO3Se. The van der Waals surface area contributed by atoms with Crippen LogP contribution in [0.1, 0.15) is 47.2 Å². The van der Waals surface area contributed by atoms with Gasteiger partial charge in [0.05, 0.1) is 0 Å². The van der Waals surface area contributed by atoms with Gasteiger partial charge < -0.3 is 0 Å². The number of carbonyl (C=O) groups is 1. The Labute approximate surface area is 163 Å². The minimum atomic E-state index is -0.277. The third-order valence-corrected chi connectivity index (χ3v) is 7.76. The molecule has 0 N–H and O–H groups in total. The zero-order valence-electron chi connectivity index (χ0n) is 15.0. The van der Waals surface area contributed by atoms with Crippen molar-refractivity contribution in [2.75, 3.05) is 7.11 Å². The molecule has 136 valence electrons. The number of hydrogen-bond donors (Lipinski definition) is 0. The molecule has 2 atom stereocenters. The zero-order valence-corrected chi connectivity index (χ0v) is 18.3. The van der Waals surface area contributed by atoms with Gasteiger partial charge >= 0.3 is 164 Å². The molecule has 0 aliphatic rings. The van der Waals surface area contributed by atoms with Gasteiger partial charge in [-0.1, -0.05) is 0 Å². The normalized spacial score (nSPS) is 13.5. The molecule has 1 aromatic carbocycles. The molecule has 0 aliphatic carbocycles. The van der Waals surface area contributed by atoms with Gasteiger partial charge in [-0.3, -0.25) is 0 Å². The average Bonchev–Trinajstić information content (AvgIpc) is 3.03. The van der Waals surface area contributed by atoms with E-state index in [0.29, 0.717) is 15.9 Å². The molecular weight excluding hydrogens is 449 g/mol. The molecule has 1 aromatic heterocycles. The maximum absolute atomic E-state index is 11.9. The second kappa shape index (κ2) is 9.67. The Morgan fingerprint density at radius 1 is 1.28 bits per heavy atom. The summed E-state index contributed by atoms with van der Waals surface area (Å²) in [6, 6.07) is 8.14. The number of aromatic nitrogens is 1. The number of alkyl halides is 1. The van der Waals surface area contributed by atoms with Gasteiger partial charge in [0.25, 0.3) is 0 Å². The van der Waals surface area contributed by atoms with Crippen molar-refractivity contribution in [2.45, 2.75) is 51.2 Å². The van der Waals surface area contributed by atoms with Gasteiger partial charge in [-0.25, -0.2) is 0 Å². The van der Waals surface area contributed by atoms with Gasteiger partial charge in [0, 0.05) is 0 Å². The fourth-order valence-corrected chi connectivity index (χ4v) is 5.31. The maximum atomic E-state index is 11.9. The number of benzene rings is 1. The summed E-state index contributed by atoms with van der Waals surface area (Å²) >= 11 is 3.56. The van der Waals surface area contributed by atoms with Gasteiger partial charge in [-0.15, -0.1) is 0 Å². The van der Waals surface area contributed by atoms with E-state index in [1.54, 1.807) is 0 Å². The van der Waals surface area contributed by atoms with E-state index < -0.39 is 0 Å². The standard InChI is InChI=1S/C19H24BrNO3Se/c1-5-15(20)16(6-2)24-11-13-9-7-8-10-14(13)18-21-12(3)17(25-18)19(22)23-4/h7-10,15-16H,5-6,11H2,1-4H3. The Morgan fingerprint density at radius 2 is 2.00 bits per heavy atom. The van der Waals surface area contributed by atoms with E-state index in [-0.39, 0.29) is 26.6 Å². The molecule has 2 rings (SSSR count). The van der Waals surface area contributed by atoms with Crippen LogP contribution in [0.4, 0.5) is 0 Å². The van der Waals surface area contributed by atoms with E-state index in [1.807, 2.05) is 19.1 Å². The predicted molar refractivity (Wildman–Crippen MR) is 105 cm³/mol. The summed E-state index contributed by atoms with van der Waals surface area (Å²) in [6.07, 6.45) is 2.17. The van der Waals surface area contributed by atoms with Crippen molar-refractivity contribution in [1.82, 2.24) is 4.98 Å². The summed E-state index contributed by atoms with van der Waals surface area (Å²) in [5.41, 5.74) is 2.94. The molecule has 0 aliphatic heterocycles. The van der Waals surface area contributed by atoms with Crippen LogP contribution in [0.25, 0.3) is 10.1 Å². The summed E-state index contributed by atoms with van der Waals surface area (Å²) in [4.78, 5) is 16.9. The van der Waals surface area contributed by atoms with E-state index in [9.17, 15) is 4.79 Å². The van der Waals surface area contributed by atoms with Crippen LogP contribution in [0.2, 0.25) is 0 Å². The molecule has 0 amide bonds. The number of nitrogens with zero attached hydrogens (tertiary/aromatic N) is 1. The summed E-state index contributed by atoms with van der Waals surface area (Å²) in [5, 5.41) is 0. The quantitative estimate of drug-likeness (QED) is 0.325. The molecule has 0 saturated heterocycles. The van der Waals surface area contributed by atoms with Crippen molar-refractivity contribution in [3.63, 3.8) is 0 Å². The first-order valence-electron chi connectivity index (χ1n) is 8.41. The number of esters is 1. The van der Waals surface area contributed by atoms with Crippen molar-refractivity contribution in [3.05, 3.63) is 40.0 Å². The van der Waals surface area contributed by atoms with E-state index >= 15 is 0 Å². The minimum absolute atomic E-state index is 0.140. The van der Waals surface area contributed by atoms with E-state index in [4.69, 9.17) is 9.47 Å². The van der Waals surface area contributed by atoms with Crippen LogP contribution < -0.4 is 0 Å². The molecule has 0 radical (unpaired) electrons. The molecule has 4 nitrogen and oxygen atoms in total. The van der Waals surface area contributed by atoms with E-state index in [1.165, 1.54) is 7.11 Å². The van der Waals surface area contributed by atoms with Gasteiger partial charge in [-0.2, -0.15) is 0 Å². The number of hydrogen-bond acceptors (Lipinski definition) is 4. The molecule has 6 heteroatoms. The molecule has 0 fully saturated rings. The summed E-state index contributed by atoms with van der Waals surface area (Å²) in [6.45, 7) is 6.70. The molecule has 2 aromatic rings. The fourth-order valence-electron chi connectivity index (χ4n) is 2.59. The Balaban J connectivity index is 2.25. The average molecular weight is 473 g/mol. The van der Waals surface area contributed by atoms with Gasteiger partial charge in [0.1, 0.15) is 0 Å². The third-order valence-electron chi connectivity index (χ3n) is 4.06. The molecule has 2 unspecified atom stereocenters. The number of methoxy groups -OCH3 is 1. The van der Waals surface area contributed by atoms with Crippen molar-refractivity contribution in [2.24, 2.45) is 0 Å². The van der Waals surface area contributed by atoms with Crippen LogP contribution in [0, 0.1) is 6.92 Å². The number of rotatable bonds is 8. The van der Waals surface area contributed by atoms with E-state index in [0.717, 1.165) is 34.2 Å². The Hall–Kier alpha value is -0.941. The van der Waals surface area contributed by atoms with Crippen LogP contribution in [0.3, 0.4) is 0 Å². The summed E-state index contributed by atoms with van der Waals surface area (Å²) in [5.74, 6) is -0.277. The first-order chi connectivity index (χ1) is 12.0. The third kappa shape index (κ3) is 5.04. The molecule has 0 bridgehead atoms. The van der Waals surface area contributed by atoms with Crippen LogP contribution in [0.5, 0.6) is 0 Å². The second-order valence-electron chi connectivity index (χ2n) is 5.76. The molecule has 25 heavy (non-hydrogen) atoms. The predicted octanol–water partition coefficient (Wildman–Crippen LogP) is 4.37. The van der Waals surface area contributed by atoms with Gasteiger partial charge in [0.15, 0.2) is 0 Å². The van der Waals surface area contributed by atoms with Gasteiger partial charge in [0.2, 0.25) is 0 Å². The van der Waals surface area contributed by atoms with Crippen LogP contribution in [-0.2, 0) is 16.1 Å². The topological polar surface area (TPSA) is 48.4 Å². The van der Waals surface area contributed by atoms with Crippen LogP contribution in [0.15, 0.2) is 24.3 Å². The first kappa shape index (κ1) is 20.4. The van der Waals surface area contributed by atoms with Crippen molar-refractivity contribution >= 4 is 36.4 Å². The van der Waals surface area contributed by atoms with Crippen LogP contribution >= 0.6 is 15.9 Å². The van der Waals surface area contributed by atoms with Gasteiger partial charge in [-0.05, 0) is 0 Å². The number of ether oxygens (including phenoxy) is 2. The number of halogens is 1. The Morgan fingerprint density at radius 3 is 2.64 bits per heavy atom. The molecule has 0 saturated carbocycles. The van der Waals surface area contributed by atoms with Crippen molar-refractivity contribution in [3.8, 4) is 10.1 Å². The van der Waals surface area contributed by atoms with Crippen molar-refractivity contribution < 1.29 is 14.3 Å². The summed E-state index contributed by atoms with van der Waals surface area (Å²) < 4.78 is 12.7. The first-order valence-corrected chi connectivity index (χ1v) is 11.0. The Kier molecular flexibility index (Phi) is 7.88. The zero-order chi connectivity index (χ0) is 18.4. The fraction of sp³-hybridized carbons (Fsp3) is 0.474. The monoisotopic (exact) mass is 473 g/mol. The number of aryl methyl sites for hydroxylation is 1. The SMILES string of the molecule is CCC(Br)C(CC)OCc1ccccc1-c1nc(C)c(C(=O)OC)[se]1. The second-order valence-corrected chi connectivity index (χ2v) is 9.04. The molecule has 1 heterocycles. The van der Waals surface area contributed by atoms with E-state index in [2.05, 4.69) is 46.9 Å². The summed E-state index contributed by atoms with van der Waals surface area (Å²) in [7, 11) is 1.41. The Bertz CT molecular complexity index is 716. The van der Waals surface area contributed by atoms with Crippen molar-refractivity contribution in [1.29, 1.82) is 0 Å². The van der Waals surface area contributed by atoms with Crippen LogP contribution in [-0.4, -0.2) is 43.5 Å².